The highest BCUT2D eigenvalue weighted by Gasteiger charge is 2.30. The van der Waals surface area contributed by atoms with Crippen LogP contribution < -0.4 is 5.32 Å². The van der Waals surface area contributed by atoms with Crippen LogP contribution in [0.5, 0.6) is 0 Å². The first-order chi connectivity index (χ1) is 6.18. The van der Waals surface area contributed by atoms with Gasteiger partial charge in [-0.15, -0.1) is 0 Å². The lowest BCUT2D eigenvalue weighted by Crippen LogP contribution is -2.34. The Kier molecular flexibility index (Phi) is 2.45. The number of nitrogens with one attached hydrogen (secondary N) is 1. The van der Waals surface area contributed by atoms with E-state index in [2.05, 4.69) is 17.2 Å². The van der Waals surface area contributed by atoms with Gasteiger partial charge < -0.3 is 10.1 Å². The number of halogens is 1. The second-order valence-electron chi connectivity index (χ2n) is 3.46. The van der Waals surface area contributed by atoms with Gasteiger partial charge in [0.2, 0.25) is 0 Å². The van der Waals surface area contributed by atoms with Gasteiger partial charge in [0.05, 0.1) is 18.3 Å². The maximum atomic E-state index is 5.78. The highest BCUT2D eigenvalue weighted by molar-refractivity contribution is 7.19. The predicted molar refractivity (Wildman–Crippen MR) is 54.6 cm³/mol. The Morgan fingerprint density at radius 3 is 3.15 bits per heavy atom. The molecule has 0 amide bonds. The van der Waals surface area contributed by atoms with Crippen LogP contribution in [0, 0.1) is 0 Å². The van der Waals surface area contributed by atoms with Gasteiger partial charge in [0, 0.05) is 6.61 Å². The first-order valence-electron chi connectivity index (χ1n) is 4.15. The maximum Gasteiger partial charge on any atom is 0.184 e. The zero-order valence-electron chi connectivity index (χ0n) is 7.34. The highest BCUT2D eigenvalue weighted by Crippen LogP contribution is 2.28. The molecule has 0 aromatic carbocycles. The van der Waals surface area contributed by atoms with Crippen LogP contribution in [-0.4, -0.2) is 23.7 Å². The number of aromatic nitrogens is 1. The zero-order valence-corrected chi connectivity index (χ0v) is 8.91. The van der Waals surface area contributed by atoms with Crippen LogP contribution in [0.2, 0.25) is 4.34 Å². The van der Waals surface area contributed by atoms with Gasteiger partial charge in [-0.05, 0) is 13.3 Å². The molecule has 0 spiro atoms. The van der Waals surface area contributed by atoms with Gasteiger partial charge in [-0.25, -0.2) is 4.98 Å². The first-order valence-corrected chi connectivity index (χ1v) is 5.35. The molecule has 5 heteroatoms. The third kappa shape index (κ3) is 2.13. The summed E-state index contributed by atoms with van der Waals surface area (Å²) in [6, 6.07) is 0. The molecule has 72 valence electrons. The summed E-state index contributed by atoms with van der Waals surface area (Å²) in [6.07, 6.45) is 2.68. The number of ether oxygens (including phenoxy) is 1. The lowest BCUT2D eigenvalue weighted by atomic mass is 10.0. The van der Waals surface area contributed by atoms with Gasteiger partial charge in [0.25, 0.3) is 0 Å². The molecule has 0 radical (unpaired) electrons. The van der Waals surface area contributed by atoms with Crippen molar-refractivity contribution in [2.75, 3.05) is 18.5 Å². The van der Waals surface area contributed by atoms with Crippen molar-refractivity contribution in [3.8, 4) is 0 Å². The van der Waals surface area contributed by atoms with Crippen molar-refractivity contribution in [2.45, 2.75) is 18.9 Å². The minimum absolute atomic E-state index is 0.0290. The predicted octanol–water partition coefficient (Wildman–Crippen LogP) is 2.39. The van der Waals surface area contributed by atoms with Gasteiger partial charge in [-0.2, -0.15) is 0 Å². The summed E-state index contributed by atoms with van der Waals surface area (Å²) in [4.78, 5) is 4.14. The average Bonchev–Trinajstić information content (AvgIpc) is 2.62. The second-order valence-corrected chi connectivity index (χ2v) is 5.12. The van der Waals surface area contributed by atoms with E-state index in [1.165, 1.54) is 11.3 Å². The fourth-order valence-corrected chi connectivity index (χ4v) is 2.30. The first kappa shape index (κ1) is 9.24. The highest BCUT2D eigenvalue weighted by atomic mass is 35.5. The van der Waals surface area contributed by atoms with Crippen LogP contribution in [0.25, 0.3) is 0 Å². The van der Waals surface area contributed by atoms with Crippen molar-refractivity contribution in [3.05, 3.63) is 10.5 Å². The minimum atomic E-state index is 0.0290. The largest absolute Gasteiger partial charge is 0.379 e. The molecule has 1 N–H and O–H groups in total. The number of nitrogens with zero attached hydrogens (tertiary/aromatic N) is 1. The van der Waals surface area contributed by atoms with Crippen LogP contribution in [0.3, 0.4) is 0 Å². The van der Waals surface area contributed by atoms with Crippen molar-refractivity contribution in [1.29, 1.82) is 0 Å². The molecule has 0 aliphatic carbocycles. The van der Waals surface area contributed by atoms with Gasteiger partial charge in [0.1, 0.15) is 4.34 Å². The lowest BCUT2D eigenvalue weighted by molar-refractivity contribution is 0.185. The Labute approximate surface area is 86.1 Å². The minimum Gasteiger partial charge on any atom is -0.379 e. The number of rotatable bonds is 2. The number of thiazole rings is 1. The van der Waals surface area contributed by atoms with E-state index in [-0.39, 0.29) is 5.54 Å². The molecule has 1 atom stereocenters. The van der Waals surface area contributed by atoms with Gasteiger partial charge in [-0.3, -0.25) is 0 Å². The Morgan fingerprint density at radius 1 is 1.77 bits per heavy atom. The van der Waals surface area contributed by atoms with Crippen LogP contribution >= 0.6 is 22.9 Å². The van der Waals surface area contributed by atoms with Crippen molar-refractivity contribution >= 4 is 28.1 Å². The van der Waals surface area contributed by atoms with Gasteiger partial charge in [-0.1, -0.05) is 22.9 Å². The summed E-state index contributed by atoms with van der Waals surface area (Å²) >= 11 is 7.24. The molecule has 1 aromatic heterocycles. The number of hydrogen-bond acceptors (Lipinski definition) is 4. The Balaban J connectivity index is 2.04. The molecule has 3 nitrogen and oxygen atoms in total. The molecule has 1 aliphatic rings. The number of hydrogen-bond donors (Lipinski definition) is 1. The van der Waals surface area contributed by atoms with Crippen molar-refractivity contribution < 1.29 is 4.74 Å². The summed E-state index contributed by atoms with van der Waals surface area (Å²) in [5, 5.41) is 4.21. The third-order valence-electron chi connectivity index (χ3n) is 2.10. The molecule has 1 aliphatic heterocycles. The third-order valence-corrected chi connectivity index (χ3v) is 3.14. The molecule has 1 saturated heterocycles. The summed E-state index contributed by atoms with van der Waals surface area (Å²) < 4.78 is 6.03. The molecule has 1 aromatic rings. The van der Waals surface area contributed by atoms with E-state index in [0.29, 0.717) is 4.34 Å². The molecule has 0 saturated carbocycles. The molecule has 2 rings (SSSR count). The smallest absolute Gasteiger partial charge is 0.184 e. The average molecular weight is 219 g/mol. The normalized spacial score (nSPS) is 27.8. The van der Waals surface area contributed by atoms with E-state index < -0.39 is 0 Å². The molecule has 13 heavy (non-hydrogen) atoms. The summed E-state index contributed by atoms with van der Waals surface area (Å²) in [5.41, 5.74) is 0.0290. The van der Waals surface area contributed by atoms with Gasteiger partial charge >= 0.3 is 0 Å². The second kappa shape index (κ2) is 3.44. The Bertz CT molecular complexity index is 296. The molecule has 0 bridgehead atoms. The summed E-state index contributed by atoms with van der Waals surface area (Å²) in [7, 11) is 0. The summed E-state index contributed by atoms with van der Waals surface area (Å²) in [6.45, 7) is 3.70. The number of anilines is 1. The lowest BCUT2D eigenvalue weighted by Gasteiger charge is -2.22. The molecule has 2 heterocycles. The molecular weight excluding hydrogens is 208 g/mol. The van der Waals surface area contributed by atoms with E-state index in [1.54, 1.807) is 6.20 Å². The fourth-order valence-electron chi connectivity index (χ4n) is 1.34. The van der Waals surface area contributed by atoms with Gasteiger partial charge in [0.15, 0.2) is 5.13 Å². The van der Waals surface area contributed by atoms with Crippen molar-refractivity contribution in [2.24, 2.45) is 0 Å². The van der Waals surface area contributed by atoms with Crippen molar-refractivity contribution in [1.82, 2.24) is 4.98 Å². The van der Waals surface area contributed by atoms with Crippen molar-refractivity contribution in [3.63, 3.8) is 0 Å². The Hall–Kier alpha value is -0.320. The van der Waals surface area contributed by atoms with Crippen LogP contribution in [-0.2, 0) is 4.74 Å². The monoisotopic (exact) mass is 218 g/mol. The van der Waals surface area contributed by atoms with E-state index in [1.807, 2.05) is 0 Å². The fraction of sp³-hybridized carbons (Fsp3) is 0.625. The quantitative estimate of drug-likeness (QED) is 0.828. The van der Waals surface area contributed by atoms with E-state index in [9.17, 15) is 0 Å². The zero-order chi connectivity index (χ0) is 9.31. The van der Waals surface area contributed by atoms with E-state index in [4.69, 9.17) is 16.3 Å². The molecule has 1 fully saturated rings. The van der Waals surface area contributed by atoms with Crippen LogP contribution in [0.1, 0.15) is 13.3 Å². The molecular formula is C8H11ClN2OS. The van der Waals surface area contributed by atoms with E-state index in [0.717, 1.165) is 24.8 Å². The SMILES string of the molecule is CC1(Nc2ncc(Cl)s2)CCOC1. The summed E-state index contributed by atoms with van der Waals surface area (Å²) in [5.74, 6) is 0. The topological polar surface area (TPSA) is 34.2 Å². The standard InChI is InChI=1S/C8H11ClN2OS/c1-8(2-3-12-5-8)11-7-10-4-6(9)13-7/h4H,2-3,5H2,1H3,(H,10,11). The molecule has 1 unspecified atom stereocenters. The van der Waals surface area contributed by atoms with Crippen LogP contribution in [0.15, 0.2) is 6.20 Å². The maximum absolute atomic E-state index is 5.78. The van der Waals surface area contributed by atoms with E-state index >= 15 is 0 Å². The van der Waals surface area contributed by atoms with Crippen LogP contribution in [0.4, 0.5) is 5.13 Å². The Morgan fingerprint density at radius 2 is 2.62 bits per heavy atom.